The first-order chi connectivity index (χ1) is 11.2. The SMILES string of the molecule is CCC[C]1[C](C)[C](C)[C](C)[C]1C.CCC[C]1[C](C)[C](C)[C](C)[C]1C.[Ba]. The molecule has 25 heavy (non-hydrogen) atoms. The fourth-order valence-corrected chi connectivity index (χ4v) is 3.84. The number of hydrogen-bond donors (Lipinski definition) is 0. The van der Waals surface area contributed by atoms with E-state index in [0.29, 0.717) is 0 Å². The Morgan fingerprint density at radius 3 is 0.760 bits per heavy atom. The molecule has 2 fully saturated rings. The second kappa shape index (κ2) is 12.2. The topological polar surface area (TPSA) is 0 Å². The van der Waals surface area contributed by atoms with Crippen molar-refractivity contribution in [3.05, 3.63) is 59.2 Å². The average molecular weight is 464 g/mol. The standard InChI is InChI=1S/2C12H19.Ba/c2*1-6-7-12-10(4)8(2)9(3)11(12)5;/h2*6-7H2,1-5H3;. The molecule has 0 aromatic heterocycles. The first-order valence-electron chi connectivity index (χ1n) is 9.62. The van der Waals surface area contributed by atoms with Crippen molar-refractivity contribution < 1.29 is 0 Å². The molecule has 0 bridgehead atoms. The van der Waals surface area contributed by atoms with Gasteiger partial charge in [-0.1, -0.05) is 82.1 Å². The summed E-state index contributed by atoms with van der Waals surface area (Å²) < 4.78 is 0. The molecule has 12 radical (unpaired) electrons. The second-order valence-corrected chi connectivity index (χ2v) is 7.46. The maximum atomic E-state index is 2.25. The summed E-state index contributed by atoms with van der Waals surface area (Å²) in [7, 11) is 0. The second-order valence-electron chi connectivity index (χ2n) is 7.46. The Labute approximate surface area is 201 Å². The van der Waals surface area contributed by atoms with Gasteiger partial charge in [-0.2, -0.15) is 0 Å². The van der Waals surface area contributed by atoms with E-state index in [-0.39, 0.29) is 48.9 Å². The fourth-order valence-electron chi connectivity index (χ4n) is 3.84. The quantitative estimate of drug-likeness (QED) is 0.389. The number of hydrogen-bond acceptors (Lipinski definition) is 0. The van der Waals surface area contributed by atoms with Gasteiger partial charge in [-0.25, -0.2) is 0 Å². The molecule has 0 amide bonds. The van der Waals surface area contributed by atoms with Crippen molar-refractivity contribution in [2.45, 2.75) is 94.9 Å². The number of rotatable bonds is 4. The third-order valence-corrected chi connectivity index (χ3v) is 6.19. The zero-order valence-corrected chi connectivity index (χ0v) is 23.0. The van der Waals surface area contributed by atoms with Gasteiger partial charge in [0.1, 0.15) is 0 Å². The van der Waals surface area contributed by atoms with Crippen molar-refractivity contribution in [3.63, 3.8) is 0 Å². The van der Waals surface area contributed by atoms with Crippen LogP contribution < -0.4 is 0 Å². The molecule has 0 aromatic carbocycles. The zero-order chi connectivity index (χ0) is 18.6. The predicted molar refractivity (Wildman–Crippen MR) is 113 cm³/mol. The summed E-state index contributed by atoms with van der Waals surface area (Å²) in [6, 6.07) is 0. The Kier molecular flexibility index (Phi) is 13.0. The molecule has 0 heterocycles. The van der Waals surface area contributed by atoms with Gasteiger partial charge >= 0.3 is 0 Å². The first kappa shape index (κ1) is 26.6. The van der Waals surface area contributed by atoms with Gasteiger partial charge in [-0.3, -0.25) is 0 Å². The van der Waals surface area contributed by atoms with Crippen molar-refractivity contribution >= 4 is 48.9 Å². The normalized spacial score (nSPS) is 24.7. The molecule has 1 heteroatoms. The van der Waals surface area contributed by atoms with Gasteiger partial charge in [0.15, 0.2) is 0 Å². The third-order valence-electron chi connectivity index (χ3n) is 6.19. The predicted octanol–water partition coefficient (Wildman–Crippen LogP) is 7.12. The van der Waals surface area contributed by atoms with Crippen LogP contribution in [0.3, 0.4) is 0 Å². The van der Waals surface area contributed by atoms with E-state index in [4.69, 9.17) is 0 Å². The molecule has 0 atom stereocenters. The molecule has 2 aliphatic carbocycles. The van der Waals surface area contributed by atoms with Crippen LogP contribution >= 0.6 is 0 Å². The van der Waals surface area contributed by atoms with Crippen LogP contribution in [0.5, 0.6) is 0 Å². The summed E-state index contributed by atoms with van der Waals surface area (Å²) in [5.41, 5.74) is 0. The van der Waals surface area contributed by atoms with Crippen LogP contribution in [-0.4, -0.2) is 48.9 Å². The minimum Gasteiger partial charge on any atom is -0.0654 e. The van der Waals surface area contributed by atoms with E-state index in [9.17, 15) is 0 Å². The van der Waals surface area contributed by atoms with Crippen LogP contribution in [0, 0.1) is 59.2 Å². The van der Waals surface area contributed by atoms with E-state index < -0.39 is 0 Å². The summed E-state index contributed by atoms with van der Waals surface area (Å²) in [6.07, 6.45) is 4.99. The Balaban J connectivity index is 0.000000443. The molecule has 0 nitrogen and oxygen atoms in total. The fraction of sp³-hybridized carbons (Fsp3) is 0.583. The van der Waals surface area contributed by atoms with E-state index in [0.717, 1.165) is 0 Å². The van der Waals surface area contributed by atoms with Crippen LogP contribution in [-0.2, 0) is 0 Å². The zero-order valence-electron chi connectivity index (χ0n) is 18.5. The molecule has 0 saturated heterocycles. The Hall–Kier alpha value is 1.57. The molecule has 2 rings (SSSR count). The van der Waals surface area contributed by atoms with Crippen LogP contribution in [0.4, 0.5) is 0 Å². The van der Waals surface area contributed by atoms with Gasteiger partial charge in [0.25, 0.3) is 0 Å². The minimum absolute atomic E-state index is 0. The molecule has 2 aliphatic rings. The van der Waals surface area contributed by atoms with E-state index in [1.165, 1.54) is 73.0 Å². The van der Waals surface area contributed by atoms with E-state index in [2.05, 4.69) is 69.2 Å². The molecule has 0 aromatic rings. The van der Waals surface area contributed by atoms with Crippen molar-refractivity contribution in [1.82, 2.24) is 0 Å². The molecule has 0 spiro atoms. The largest absolute Gasteiger partial charge is 0.0654 e. The van der Waals surface area contributed by atoms with E-state index in [1.54, 1.807) is 11.8 Å². The Bertz CT molecular complexity index is 290. The molecule has 0 N–H and O–H groups in total. The van der Waals surface area contributed by atoms with Crippen molar-refractivity contribution in [2.75, 3.05) is 0 Å². The van der Waals surface area contributed by atoms with Gasteiger partial charge in [-0.15, -0.1) is 0 Å². The Morgan fingerprint density at radius 2 is 0.600 bits per heavy atom. The summed E-state index contributed by atoms with van der Waals surface area (Å²) in [4.78, 5) is 0. The maximum absolute atomic E-state index is 2.25. The van der Waals surface area contributed by atoms with E-state index >= 15 is 0 Å². The van der Waals surface area contributed by atoms with Crippen molar-refractivity contribution in [1.29, 1.82) is 0 Å². The van der Waals surface area contributed by atoms with Gasteiger partial charge in [0, 0.05) is 48.9 Å². The van der Waals surface area contributed by atoms with Crippen molar-refractivity contribution in [2.24, 2.45) is 0 Å². The van der Waals surface area contributed by atoms with Crippen molar-refractivity contribution in [3.8, 4) is 0 Å². The van der Waals surface area contributed by atoms with Crippen LogP contribution in [0.15, 0.2) is 0 Å². The maximum Gasteiger partial charge on any atom is 0 e. The van der Waals surface area contributed by atoms with Crippen LogP contribution in [0.1, 0.15) is 94.9 Å². The van der Waals surface area contributed by atoms with Gasteiger partial charge < -0.3 is 0 Å². The smallest absolute Gasteiger partial charge is 0 e. The minimum atomic E-state index is 0. The average Bonchev–Trinajstić information content (AvgIpc) is 2.86. The van der Waals surface area contributed by atoms with Gasteiger partial charge in [-0.05, 0) is 72.0 Å². The molecule has 136 valence electrons. The third kappa shape index (κ3) is 6.28. The van der Waals surface area contributed by atoms with Gasteiger partial charge in [0.2, 0.25) is 0 Å². The summed E-state index contributed by atoms with van der Waals surface area (Å²) in [5.74, 6) is 15.2. The van der Waals surface area contributed by atoms with E-state index in [1.807, 2.05) is 0 Å². The summed E-state index contributed by atoms with van der Waals surface area (Å²) in [6.45, 7) is 22.4. The molecule has 0 aliphatic heterocycles. The molecule has 2 saturated carbocycles. The molecule has 0 unspecified atom stereocenters. The molecular formula is C24H38Ba. The van der Waals surface area contributed by atoms with Gasteiger partial charge in [0.05, 0.1) is 0 Å². The monoisotopic (exact) mass is 464 g/mol. The Morgan fingerprint density at radius 1 is 0.400 bits per heavy atom. The van der Waals surface area contributed by atoms with Crippen LogP contribution in [0.25, 0.3) is 0 Å². The summed E-state index contributed by atoms with van der Waals surface area (Å²) >= 11 is 0. The molecular weight excluding hydrogens is 426 g/mol. The first-order valence-corrected chi connectivity index (χ1v) is 9.62. The summed E-state index contributed by atoms with van der Waals surface area (Å²) in [5, 5.41) is 0. The van der Waals surface area contributed by atoms with Crippen LogP contribution in [0.2, 0.25) is 0 Å².